The average molecular weight is 291 g/mol. The fraction of sp³-hybridized carbons (Fsp3) is 0.667. The van der Waals surface area contributed by atoms with Crippen molar-refractivity contribution in [3.05, 3.63) is 34.9 Å². The van der Waals surface area contributed by atoms with Gasteiger partial charge in [0, 0.05) is 19.6 Å². The van der Waals surface area contributed by atoms with Crippen molar-refractivity contribution in [2.75, 3.05) is 19.6 Å². The zero-order valence-electron chi connectivity index (χ0n) is 14.0. The number of morpholine rings is 1. The van der Waals surface area contributed by atoms with Gasteiger partial charge in [-0.2, -0.15) is 0 Å². The van der Waals surface area contributed by atoms with Crippen molar-refractivity contribution < 1.29 is 9.84 Å². The molecule has 0 spiro atoms. The Morgan fingerprint density at radius 3 is 2.48 bits per heavy atom. The summed E-state index contributed by atoms with van der Waals surface area (Å²) in [5.74, 6) is 0. The van der Waals surface area contributed by atoms with Gasteiger partial charge in [0.15, 0.2) is 0 Å². The zero-order chi connectivity index (χ0) is 15.6. The van der Waals surface area contributed by atoms with Gasteiger partial charge in [-0.05, 0) is 46.6 Å². The Bertz CT molecular complexity index is 464. The average Bonchev–Trinajstić information content (AvgIpc) is 2.32. The maximum atomic E-state index is 10.4. The number of aliphatic hydroxyl groups is 1. The van der Waals surface area contributed by atoms with Crippen molar-refractivity contribution in [2.45, 2.75) is 58.8 Å². The van der Waals surface area contributed by atoms with Crippen molar-refractivity contribution in [3.8, 4) is 0 Å². The van der Waals surface area contributed by atoms with Gasteiger partial charge in [0.25, 0.3) is 0 Å². The Labute approximate surface area is 128 Å². The molecule has 0 aromatic heterocycles. The quantitative estimate of drug-likeness (QED) is 0.924. The molecule has 2 unspecified atom stereocenters. The van der Waals surface area contributed by atoms with E-state index in [2.05, 4.69) is 57.7 Å². The number of benzene rings is 1. The molecule has 0 bridgehead atoms. The second-order valence-electron chi connectivity index (χ2n) is 7.15. The van der Waals surface area contributed by atoms with Gasteiger partial charge in [-0.1, -0.05) is 29.3 Å². The molecule has 0 radical (unpaired) electrons. The van der Waals surface area contributed by atoms with E-state index in [4.69, 9.17) is 4.74 Å². The van der Waals surface area contributed by atoms with Crippen LogP contribution in [0, 0.1) is 13.8 Å². The number of ether oxygens (including phenoxy) is 1. The van der Waals surface area contributed by atoms with Crippen LogP contribution in [0.15, 0.2) is 18.2 Å². The van der Waals surface area contributed by atoms with E-state index >= 15 is 0 Å². The fourth-order valence-electron chi connectivity index (χ4n) is 3.43. The molecule has 1 aliphatic rings. The van der Waals surface area contributed by atoms with Gasteiger partial charge in [0.2, 0.25) is 0 Å². The first-order valence-corrected chi connectivity index (χ1v) is 7.91. The molecule has 3 heteroatoms. The Morgan fingerprint density at radius 2 is 1.90 bits per heavy atom. The summed E-state index contributed by atoms with van der Waals surface area (Å²) in [6.07, 6.45) is 0.642. The predicted octanol–water partition coefficient (Wildman–Crippen LogP) is 3.23. The number of hydrogen-bond acceptors (Lipinski definition) is 3. The van der Waals surface area contributed by atoms with Crippen LogP contribution < -0.4 is 0 Å². The monoisotopic (exact) mass is 291 g/mol. The Kier molecular flexibility index (Phi) is 5.07. The predicted molar refractivity (Wildman–Crippen MR) is 86.6 cm³/mol. The van der Waals surface area contributed by atoms with E-state index in [-0.39, 0.29) is 17.8 Å². The molecule has 1 saturated heterocycles. The summed E-state index contributed by atoms with van der Waals surface area (Å²) in [7, 11) is 0. The standard InChI is InChI=1S/C18H29NO2/c1-13-8-14(2)10-16(9-13)17(20)6-7-19-11-15(3)21-18(4,5)12-19/h8-10,15,17,20H,6-7,11-12H2,1-5H3. The van der Waals surface area contributed by atoms with Crippen LogP contribution in [0.1, 0.15) is 50.0 Å². The lowest BCUT2D eigenvalue weighted by atomic mass is 10.00. The molecule has 1 aromatic carbocycles. The molecule has 2 atom stereocenters. The van der Waals surface area contributed by atoms with Crippen molar-refractivity contribution in [1.29, 1.82) is 0 Å². The molecule has 1 heterocycles. The zero-order valence-corrected chi connectivity index (χ0v) is 14.0. The highest BCUT2D eigenvalue weighted by Gasteiger charge is 2.31. The molecule has 21 heavy (non-hydrogen) atoms. The molecule has 1 aromatic rings. The summed E-state index contributed by atoms with van der Waals surface area (Å²) < 4.78 is 5.92. The molecule has 1 N–H and O–H groups in total. The molecular weight excluding hydrogens is 262 g/mol. The molecule has 118 valence electrons. The third-order valence-corrected chi connectivity index (χ3v) is 3.99. The molecule has 0 saturated carbocycles. The van der Waals surface area contributed by atoms with E-state index in [1.54, 1.807) is 0 Å². The normalized spacial score (nSPS) is 24.0. The molecular formula is C18H29NO2. The number of nitrogens with zero attached hydrogens (tertiary/aromatic N) is 1. The SMILES string of the molecule is Cc1cc(C)cc(C(O)CCN2CC(C)OC(C)(C)C2)c1. The summed E-state index contributed by atoms with van der Waals surface area (Å²) in [5, 5.41) is 10.4. The minimum absolute atomic E-state index is 0.0947. The fourth-order valence-corrected chi connectivity index (χ4v) is 3.43. The molecule has 1 aliphatic heterocycles. The van der Waals surface area contributed by atoms with E-state index in [9.17, 15) is 5.11 Å². The summed E-state index contributed by atoms with van der Waals surface area (Å²) in [6, 6.07) is 6.31. The second kappa shape index (κ2) is 6.47. The van der Waals surface area contributed by atoms with Crippen LogP contribution in [0.5, 0.6) is 0 Å². The maximum Gasteiger partial charge on any atom is 0.0802 e. The first kappa shape index (κ1) is 16.5. The Balaban J connectivity index is 1.93. The van der Waals surface area contributed by atoms with E-state index in [1.165, 1.54) is 11.1 Å². The van der Waals surface area contributed by atoms with Crippen LogP contribution in [-0.2, 0) is 4.74 Å². The largest absolute Gasteiger partial charge is 0.388 e. The molecule has 0 aliphatic carbocycles. The number of hydrogen-bond donors (Lipinski definition) is 1. The Hall–Kier alpha value is -0.900. The van der Waals surface area contributed by atoms with Gasteiger partial charge >= 0.3 is 0 Å². The van der Waals surface area contributed by atoms with Crippen LogP contribution in [0.25, 0.3) is 0 Å². The van der Waals surface area contributed by atoms with Crippen LogP contribution in [0.4, 0.5) is 0 Å². The highest BCUT2D eigenvalue weighted by molar-refractivity contribution is 5.29. The highest BCUT2D eigenvalue weighted by Crippen LogP contribution is 2.24. The molecule has 2 rings (SSSR count). The Morgan fingerprint density at radius 1 is 1.29 bits per heavy atom. The first-order chi connectivity index (χ1) is 9.75. The van der Waals surface area contributed by atoms with Crippen molar-refractivity contribution in [2.24, 2.45) is 0 Å². The van der Waals surface area contributed by atoms with Crippen LogP contribution in [0.2, 0.25) is 0 Å². The summed E-state index contributed by atoms with van der Waals surface area (Å²) in [4.78, 5) is 2.40. The van der Waals surface area contributed by atoms with Gasteiger partial charge in [-0.3, -0.25) is 4.90 Å². The lowest BCUT2D eigenvalue weighted by Gasteiger charge is -2.42. The molecule has 3 nitrogen and oxygen atoms in total. The van der Waals surface area contributed by atoms with Gasteiger partial charge in [0.1, 0.15) is 0 Å². The second-order valence-corrected chi connectivity index (χ2v) is 7.15. The van der Waals surface area contributed by atoms with Crippen LogP contribution in [0.3, 0.4) is 0 Å². The third kappa shape index (κ3) is 4.80. The number of aryl methyl sites for hydroxylation is 2. The molecule has 1 fully saturated rings. The minimum Gasteiger partial charge on any atom is -0.388 e. The number of aliphatic hydroxyl groups excluding tert-OH is 1. The van der Waals surface area contributed by atoms with Gasteiger partial charge in [0.05, 0.1) is 17.8 Å². The van der Waals surface area contributed by atoms with E-state index in [0.29, 0.717) is 0 Å². The third-order valence-electron chi connectivity index (χ3n) is 3.99. The summed E-state index contributed by atoms with van der Waals surface area (Å²) in [6.45, 7) is 13.3. The van der Waals surface area contributed by atoms with E-state index in [1.807, 2.05) is 0 Å². The summed E-state index contributed by atoms with van der Waals surface area (Å²) >= 11 is 0. The van der Waals surface area contributed by atoms with E-state index < -0.39 is 0 Å². The van der Waals surface area contributed by atoms with Crippen molar-refractivity contribution in [3.63, 3.8) is 0 Å². The smallest absolute Gasteiger partial charge is 0.0802 e. The van der Waals surface area contributed by atoms with E-state index in [0.717, 1.165) is 31.6 Å². The van der Waals surface area contributed by atoms with Gasteiger partial charge in [-0.25, -0.2) is 0 Å². The number of rotatable bonds is 4. The maximum absolute atomic E-state index is 10.4. The minimum atomic E-state index is -0.384. The highest BCUT2D eigenvalue weighted by atomic mass is 16.5. The topological polar surface area (TPSA) is 32.7 Å². The summed E-state index contributed by atoms with van der Waals surface area (Å²) in [5.41, 5.74) is 3.37. The lowest BCUT2D eigenvalue weighted by molar-refractivity contribution is -0.130. The van der Waals surface area contributed by atoms with Gasteiger partial charge < -0.3 is 9.84 Å². The van der Waals surface area contributed by atoms with Crippen molar-refractivity contribution in [1.82, 2.24) is 4.90 Å². The van der Waals surface area contributed by atoms with Crippen LogP contribution in [-0.4, -0.2) is 41.3 Å². The van der Waals surface area contributed by atoms with Crippen LogP contribution >= 0.6 is 0 Å². The van der Waals surface area contributed by atoms with Crippen molar-refractivity contribution >= 4 is 0 Å². The molecule has 0 amide bonds. The van der Waals surface area contributed by atoms with Gasteiger partial charge in [-0.15, -0.1) is 0 Å². The first-order valence-electron chi connectivity index (χ1n) is 7.91. The lowest BCUT2D eigenvalue weighted by Crippen LogP contribution is -2.52.